The van der Waals surface area contributed by atoms with Crippen LogP contribution >= 0.6 is 0 Å². The first-order chi connectivity index (χ1) is 20.3. The van der Waals surface area contributed by atoms with Crippen LogP contribution in [0.2, 0.25) is 0 Å². The van der Waals surface area contributed by atoms with Gasteiger partial charge in [0, 0.05) is 69.3 Å². The number of nitrogens with zero attached hydrogens (tertiary/aromatic N) is 5. The van der Waals surface area contributed by atoms with Crippen LogP contribution in [0.5, 0.6) is 0 Å². The number of ether oxygens (including phenoxy) is 1. The van der Waals surface area contributed by atoms with E-state index in [1.807, 2.05) is 30.7 Å². The molecule has 4 heterocycles. The number of alkyl halides is 3. The molecule has 2 atom stereocenters. The van der Waals surface area contributed by atoms with Crippen molar-refractivity contribution in [1.82, 2.24) is 14.5 Å². The number of carbonyl (C=O) groups excluding carboxylic acids is 1. The number of rotatable bonds is 5. The van der Waals surface area contributed by atoms with Gasteiger partial charge in [0.1, 0.15) is 11.6 Å². The average Bonchev–Trinajstić information content (AvgIpc) is 2.97. The molecule has 13 heteroatoms. The maximum Gasteiger partial charge on any atom is 0.417 e. The molecule has 5 rings (SSSR count). The third-order valence-electron chi connectivity index (χ3n) is 8.20. The largest absolute Gasteiger partial charge is 0.417 e. The van der Waals surface area contributed by atoms with E-state index < -0.39 is 34.6 Å². The molecule has 2 aliphatic rings. The van der Waals surface area contributed by atoms with Gasteiger partial charge >= 0.3 is 6.18 Å². The number of morpholine rings is 1. The molecular formula is C30H34F4N6O3. The molecule has 1 amide bonds. The Morgan fingerprint density at radius 2 is 1.70 bits per heavy atom. The van der Waals surface area contributed by atoms with E-state index in [0.29, 0.717) is 62.5 Å². The molecule has 2 fully saturated rings. The van der Waals surface area contributed by atoms with Crippen LogP contribution in [0.1, 0.15) is 29.8 Å². The lowest BCUT2D eigenvalue weighted by Gasteiger charge is -2.44. The summed E-state index contributed by atoms with van der Waals surface area (Å²) >= 11 is 0. The predicted octanol–water partition coefficient (Wildman–Crippen LogP) is 4.22. The Bertz CT molecular complexity index is 1560. The molecule has 2 aliphatic heterocycles. The molecule has 3 aromatic rings. The minimum Gasteiger partial charge on any atom is -0.378 e. The smallest absolute Gasteiger partial charge is 0.378 e. The number of aromatic nitrogens is 2. The molecular weight excluding hydrogens is 568 g/mol. The van der Waals surface area contributed by atoms with Crippen LogP contribution < -0.4 is 20.7 Å². The number of carbonyl (C=O) groups is 1. The van der Waals surface area contributed by atoms with Crippen LogP contribution in [0.15, 0.2) is 47.5 Å². The van der Waals surface area contributed by atoms with Crippen molar-refractivity contribution in [3.63, 3.8) is 0 Å². The molecule has 1 aromatic carbocycles. The normalized spacial score (nSPS) is 19.9. The van der Waals surface area contributed by atoms with Gasteiger partial charge in [0.25, 0.3) is 11.5 Å². The van der Waals surface area contributed by atoms with Gasteiger partial charge in [0.2, 0.25) is 0 Å². The number of pyridine rings is 2. The summed E-state index contributed by atoms with van der Waals surface area (Å²) in [5.74, 6) is -0.984. The number of hydrogen-bond acceptors (Lipinski definition) is 7. The van der Waals surface area contributed by atoms with Crippen molar-refractivity contribution in [2.24, 2.45) is 7.05 Å². The number of likely N-dealkylation sites (N-methyl/N-ethyl adjacent to an activating group) is 1. The summed E-state index contributed by atoms with van der Waals surface area (Å²) in [6.07, 6.45) is -2.51. The summed E-state index contributed by atoms with van der Waals surface area (Å²) in [6, 6.07) is 6.73. The monoisotopic (exact) mass is 602 g/mol. The van der Waals surface area contributed by atoms with Crippen molar-refractivity contribution >= 4 is 23.1 Å². The zero-order valence-electron chi connectivity index (χ0n) is 24.4. The summed E-state index contributed by atoms with van der Waals surface area (Å²) < 4.78 is 63.8. The number of nitrogens with one attached hydrogen (secondary N) is 1. The summed E-state index contributed by atoms with van der Waals surface area (Å²) in [7, 11) is 3.26. The Labute approximate surface area is 246 Å². The molecule has 0 aliphatic carbocycles. The predicted molar refractivity (Wildman–Crippen MR) is 156 cm³/mol. The lowest BCUT2D eigenvalue weighted by Crippen LogP contribution is -2.55. The van der Waals surface area contributed by atoms with Gasteiger partial charge in [-0.3, -0.25) is 14.5 Å². The van der Waals surface area contributed by atoms with Crippen LogP contribution in [-0.4, -0.2) is 78.9 Å². The van der Waals surface area contributed by atoms with Gasteiger partial charge in [0.15, 0.2) is 0 Å². The van der Waals surface area contributed by atoms with E-state index in [1.54, 1.807) is 18.3 Å². The van der Waals surface area contributed by atoms with Crippen molar-refractivity contribution < 1.29 is 27.1 Å². The lowest BCUT2D eigenvalue weighted by atomic mass is 10.0. The fourth-order valence-corrected chi connectivity index (χ4v) is 5.53. The first-order valence-electron chi connectivity index (χ1n) is 14.0. The topological polar surface area (TPSA) is 82.9 Å². The van der Waals surface area contributed by atoms with Gasteiger partial charge in [-0.05, 0) is 50.7 Å². The van der Waals surface area contributed by atoms with Gasteiger partial charge in [-0.15, -0.1) is 0 Å². The lowest BCUT2D eigenvalue weighted by molar-refractivity contribution is -0.138. The fraction of sp³-hybridized carbons (Fsp3) is 0.433. The number of hydrogen-bond donors (Lipinski definition) is 1. The molecule has 2 saturated heterocycles. The van der Waals surface area contributed by atoms with E-state index in [1.165, 1.54) is 19.2 Å². The first kappa shape index (κ1) is 30.5. The Hall–Kier alpha value is -3.97. The third kappa shape index (κ3) is 6.37. The molecule has 0 radical (unpaired) electrons. The zero-order valence-corrected chi connectivity index (χ0v) is 24.4. The number of amides is 1. The number of halogens is 4. The fourth-order valence-electron chi connectivity index (χ4n) is 5.53. The Morgan fingerprint density at radius 3 is 2.35 bits per heavy atom. The molecule has 0 unspecified atom stereocenters. The highest BCUT2D eigenvalue weighted by atomic mass is 19.4. The van der Waals surface area contributed by atoms with Crippen molar-refractivity contribution in [1.29, 1.82) is 0 Å². The molecule has 43 heavy (non-hydrogen) atoms. The molecule has 0 spiro atoms. The highest BCUT2D eigenvalue weighted by Gasteiger charge is 2.37. The van der Waals surface area contributed by atoms with Gasteiger partial charge in [0.05, 0.1) is 35.7 Å². The molecule has 0 bridgehead atoms. The number of anilines is 3. The molecule has 230 valence electrons. The van der Waals surface area contributed by atoms with E-state index in [2.05, 4.69) is 15.2 Å². The highest BCUT2D eigenvalue weighted by Crippen LogP contribution is 2.38. The zero-order chi connectivity index (χ0) is 31.1. The maximum atomic E-state index is 15.9. The van der Waals surface area contributed by atoms with Crippen LogP contribution in [0, 0.1) is 5.82 Å². The van der Waals surface area contributed by atoms with E-state index >= 15 is 4.39 Å². The number of benzene rings is 1. The molecule has 1 N–H and O–H groups in total. The van der Waals surface area contributed by atoms with Gasteiger partial charge < -0.3 is 24.4 Å². The first-order valence-corrected chi connectivity index (χ1v) is 14.0. The number of piperazine rings is 1. The van der Waals surface area contributed by atoms with E-state index in [-0.39, 0.29) is 23.3 Å². The van der Waals surface area contributed by atoms with Gasteiger partial charge in [-0.25, -0.2) is 9.37 Å². The second kappa shape index (κ2) is 12.0. The van der Waals surface area contributed by atoms with Gasteiger partial charge in [-0.1, -0.05) is 0 Å². The van der Waals surface area contributed by atoms with Crippen molar-refractivity contribution in [3.8, 4) is 11.1 Å². The minimum atomic E-state index is -4.94. The average molecular weight is 603 g/mol. The standard InChI is InChI=1S/C30H34F4N6O3/c1-18-15-40(16-19(2)38(18)4)26-14-24(31)21(20-5-6-35-27(11-20)39-7-9-43-10-8-39)12-25(26)36-29(42)22-17-37(3)28(41)13-23(22)30(32,33)34/h5-6,11-14,17-19H,7-10,15-16H2,1-4H3,(H,36,42)/t18-,19+. The Morgan fingerprint density at radius 1 is 1.02 bits per heavy atom. The van der Waals surface area contributed by atoms with Crippen LogP contribution in [0.3, 0.4) is 0 Å². The van der Waals surface area contributed by atoms with Crippen LogP contribution in [-0.2, 0) is 18.0 Å². The Kier molecular flexibility index (Phi) is 8.48. The van der Waals surface area contributed by atoms with E-state index in [9.17, 15) is 22.8 Å². The second-order valence-corrected chi connectivity index (χ2v) is 11.1. The molecule has 9 nitrogen and oxygen atoms in total. The molecule has 0 saturated carbocycles. The van der Waals surface area contributed by atoms with Crippen molar-refractivity contribution in [2.45, 2.75) is 32.1 Å². The van der Waals surface area contributed by atoms with Crippen LogP contribution in [0.25, 0.3) is 11.1 Å². The summed E-state index contributed by atoms with van der Waals surface area (Å²) in [6.45, 7) is 7.39. The summed E-state index contributed by atoms with van der Waals surface area (Å²) in [4.78, 5) is 36.0. The third-order valence-corrected chi connectivity index (χ3v) is 8.20. The minimum absolute atomic E-state index is 0.0896. The maximum absolute atomic E-state index is 15.9. The van der Waals surface area contributed by atoms with Crippen LogP contribution in [0.4, 0.5) is 34.8 Å². The quantitative estimate of drug-likeness (QED) is 0.438. The Balaban J connectivity index is 1.59. The second-order valence-electron chi connectivity index (χ2n) is 11.1. The number of aryl methyl sites for hydroxylation is 1. The SMILES string of the molecule is C[C@@H]1CN(c2cc(F)c(-c3ccnc(N4CCOCC4)c3)cc2NC(=O)c2cn(C)c(=O)cc2C(F)(F)F)C[C@H](C)N1C. The van der Waals surface area contributed by atoms with E-state index in [4.69, 9.17) is 4.74 Å². The summed E-state index contributed by atoms with van der Waals surface area (Å²) in [5, 5.41) is 2.62. The summed E-state index contributed by atoms with van der Waals surface area (Å²) in [5.41, 5.74) is -1.81. The van der Waals surface area contributed by atoms with Crippen molar-refractivity contribution in [2.75, 3.05) is 61.6 Å². The molecule has 2 aromatic heterocycles. The van der Waals surface area contributed by atoms with Gasteiger partial charge in [-0.2, -0.15) is 13.2 Å². The highest BCUT2D eigenvalue weighted by molar-refractivity contribution is 6.07. The van der Waals surface area contributed by atoms with Crippen molar-refractivity contribution in [3.05, 3.63) is 70.0 Å². The van der Waals surface area contributed by atoms with E-state index in [0.717, 1.165) is 10.8 Å².